The standard InChI is InChI=1S/C16H34N2/c1-4-5-6-9-16(13-17)18-11-7-8-15(10-12-18)14(2)3/h14-16H,4-13,17H2,1-3H3. The first-order chi connectivity index (χ1) is 8.69. The minimum atomic E-state index is 0.641. The highest BCUT2D eigenvalue weighted by atomic mass is 15.2. The molecule has 0 aromatic carbocycles. The summed E-state index contributed by atoms with van der Waals surface area (Å²) in [5.74, 6) is 1.78. The fraction of sp³-hybridized carbons (Fsp3) is 1.00. The van der Waals surface area contributed by atoms with Gasteiger partial charge in [-0.2, -0.15) is 0 Å². The molecule has 1 heterocycles. The van der Waals surface area contributed by atoms with Gasteiger partial charge in [0.1, 0.15) is 0 Å². The van der Waals surface area contributed by atoms with Crippen LogP contribution in [0.25, 0.3) is 0 Å². The van der Waals surface area contributed by atoms with Crippen LogP contribution in [0.4, 0.5) is 0 Å². The highest BCUT2D eigenvalue weighted by Gasteiger charge is 2.23. The lowest BCUT2D eigenvalue weighted by molar-refractivity contribution is 0.190. The van der Waals surface area contributed by atoms with Crippen molar-refractivity contribution in [2.75, 3.05) is 19.6 Å². The van der Waals surface area contributed by atoms with E-state index in [4.69, 9.17) is 5.73 Å². The molecule has 1 aliphatic heterocycles. The Morgan fingerprint density at radius 2 is 1.94 bits per heavy atom. The second-order valence-electron chi connectivity index (χ2n) is 6.36. The molecule has 1 saturated heterocycles. The second kappa shape index (κ2) is 8.92. The molecule has 0 aromatic heterocycles. The maximum absolute atomic E-state index is 5.99. The molecule has 2 nitrogen and oxygen atoms in total. The first-order valence-corrected chi connectivity index (χ1v) is 8.13. The molecule has 0 aliphatic carbocycles. The molecule has 2 N–H and O–H groups in total. The van der Waals surface area contributed by atoms with Crippen molar-refractivity contribution >= 4 is 0 Å². The molecule has 0 aromatic rings. The van der Waals surface area contributed by atoms with Gasteiger partial charge in [0.15, 0.2) is 0 Å². The van der Waals surface area contributed by atoms with E-state index in [-0.39, 0.29) is 0 Å². The van der Waals surface area contributed by atoms with E-state index in [2.05, 4.69) is 25.7 Å². The second-order valence-corrected chi connectivity index (χ2v) is 6.36. The minimum Gasteiger partial charge on any atom is -0.329 e. The molecule has 0 saturated carbocycles. The van der Waals surface area contributed by atoms with E-state index in [0.717, 1.165) is 18.4 Å². The highest BCUT2D eigenvalue weighted by Crippen LogP contribution is 2.26. The molecule has 2 atom stereocenters. The van der Waals surface area contributed by atoms with Gasteiger partial charge in [-0.25, -0.2) is 0 Å². The number of rotatable bonds is 7. The van der Waals surface area contributed by atoms with Gasteiger partial charge in [0.2, 0.25) is 0 Å². The van der Waals surface area contributed by atoms with Crippen molar-refractivity contribution < 1.29 is 0 Å². The zero-order valence-corrected chi connectivity index (χ0v) is 12.8. The molecular weight excluding hydrogens is 220 g/mol. The third-order valence-electron chi connectivity index (χ3n) is 4.68. The molecule has 0 amide bonds. The van der Waals surface area contributed by atoms with E-state index in [1.807, 2.05) is 0 Å². The van der Waals surface area contributed by atoms with Crippen LogP contribution in [0.15, 0.2) is 0 Å². The van der Waals surface area contributed by atoms with Crippen LogP contribution in [-0.2, 0) is 0 Å². The van der Waals surface area contributed by atoms with Gasteiger partial charge < -0.3 is 5.73 Å². The topological polar surface area (TPSA) is 29.3 Å². The maximum atomic E-state index is 5.99. The van der Waals surface area contributed by atoms with Crippen molar-refractivity contribution in [3.05, 3.63) is 0 Å². The van der Waals surface area contributed by atoms with Crippen LogP contribution in [0.2, 0.25) is 0 Å². The molecule has 108 valence electrons. The van der Waals surface area contributed by atoms with Crippen LogP contribution in [0.5, 0.6) is 0 Å². The maximum Gasteiger partial charge on any atom is 0.0218 e. The Bertz CT molecular complexity index is 203. The summed E-state index contributed by atoms with van der Waals surface area (Å²) in [6.45, 7) is 10.4. The van der Waals surface area contributed by atoms with Crippen molar-refractivity contribution in [3.63, 3.8) is 0 Å². The van der Waals surface area contributed by atoms with E-state index < -0.39 is 0 Å². The summed E-state index contributed by atoms with van der Waals surface area (Å²) in [6, 6.07) is 0.641. The number of likely N-dealkylation sites (tertiary alicyclic amines) is 1. The van der Waals surface area contributed by atoms with Gasteiger partial charge in [0.25, 0.3) is 0 Å². The lowest BCUT2D eigenvalue weighted by atomic mass is 9.89. The van der Waals surface area contributed by atoms with Crippen LogP contribution in [-0.4, -0.2) is 30.6 Å². The quantitative estimate of drug-likeness (QED) is 0.703. The predicted molar refractivity (Wildman–Crippen MR) is 80.7 cm³/mol. The van der Waals surface area contributed by atoms with Crippen LogP contribution >= 0.6 is 0 Å². The minimum absolute atomic E-state index is 0.641. The van der Waals surface area contributed by atoms with E-state index in [1.165, 1.54) is 58.0 Å². The van der Waals surface area contributed by atoms with Crippen LogP contribution in [0.3, 0.4) is 0 Å². The fourth-order valence-electron chi connectivity index (χ4n) is 3.26. The molecule has 0 bridgehead atoms. The summed E-state index contributed by atoms with van der Waals surface area (Å²) >= 11 is 0. The monoisotopic (exact) mass is 254 g/mol. The average Bonchev–Trinajstić information content (AvgIpc) is 2.60. The summed E-state index contributed by atoms with van der Waals surface area (Å²) < 4.78 is 0. The zero-order valence-electron chi connectivity index (χ0n) is 12.8. The average molecular weight is 254 g/mol. The number of hydrogen-bond acceptors (Lipinski definition) is 2. The molecule has 1 fully saturated rings. The number of nitrogens with zero attached hydrogens (tertiary/aromatic N) is 1. The summed E-state index contributed by atoms with van der Waals surface area (Å²) in [5, 5.41) is 0. The Labute approximate surface area is 114 Å². The summed E-state index contributed by atoms with van der Waals surface area (Å²) in [6.07, 6.45) is 9.49. The zero-order chi connectivity index (χ0) is 13.4. The van der Waals surface area contributed by atoms with Gasteiger partial charge in [-0.15, -0.1) is 0 Å². The predicted octanol–water partition coefficient (Wildman–Crippen LogP) is 3.65. The Hall–Kier alpha value is -0.0800. The summed E-state index contributed by atoms with van der Waals surface area (Å²) in [7, 11) is 0. The van der Waals surface area contributed by atoms with Gasteiger partial charge in [0, 0.05) is 12.6 Å². The molecule has 1 aliphatic rings. The Balaban J connectivity index is 2.39. The summed E-state index contributed by atoms with van der Waals surface area (Å²) in [5.41, 5.74) is 5.99. The van der Waals surface area contributed by atoms with Crippen molar-refractivity contribution in [1.29, 1.82) is 0 Å². The number of nitrogens with two attached hydrogens (primary N) is 1. The number of hydrogen-bond donors (Lipinski definition) is 1. The molecule has 0 radical (unpaired) electrons. The Morgan fingerprint density at radius 3 is 2.56 bits per heavy atom. The molecule has 0 spiro atoms. The van der Waals surface area contributed by atoms with Gasteiger partial charge >= 0.3 is 0 Å². The van der Waals surface area contributed by atoms with Crippen molar-refractivity contribution in [2.45, 2.75) is 71.8 Å². The molecule has 2 heteroatoms. The molecular formula is C16H34N2. The largest absolute Gasteiger partial charge is 0.329 e. The third kappa shape index (κ3) is 5.27. The van der Waals surface area contributed by atoms with Crippen LogP contribution < -0.4 is 5.73 Å². The Kier molecular flexibility index (Phi) is 7.92. The first-order valence-electron chi connectivity index (χ1n) is 8.13. The number of unbranched alkanes of at least 4 members (excludes halogenated alkanes) is 2. The van der Waals surface area contributed by atoms with Gasteiger partial charge in [-0.3, -0.25) is 4.90 Å². The van der Waals surface area contributed by atoms with Gasteiger partial charge in [-0.05, 0) is 50.6 Å². The first kappa shape index (κ1) is 16.0. The lowest BCUT2D eigenvalue weighted by Gasteiger charge is -2.30. The smallest absolute Gasteiger partial charge is 0.0218 e. The third-order valence-corrected chi connectivity index (χ3v) is 4.68. The molecule has 18 heavy (non-hydrogen) atoms. The fourth-order valence-corrected chi connectivity index (χ4v) is 3.26. The van der Waals surface area contributed by atoms with Crippen LogP contribution in [0.1, 0.15) is 65.7 Å². The molecule has 1 rings (SSSR count). The van der Waals surface area contributed by atoms with E-state index in [1.54, 1.807) is 0 Å². The van der Waals surface area contributed by atoms with E-state index in [0.29, 0.717) is 6.04 Å². The van der Waals surface area contributed by atoms with Crippen molar-refractivity contribution in [3.8, 4) is 0 Å². The van der Waals surface area contributed by atoms with Crippen molar-refractivity contribution in [1.82, 2.24) is 4.90 Å². The van der Waals surface area contributed by atoms with Crippen molar-refractivity contribution in [2.24, 2.45) is 17.6 Å². The Morgan fingerprint density at radius 1 is 1.17 bits per heavy atom. The summed E-state index contributed by atoms with van der Waals surface area (Å²) in [4.78, 5) is 2.68. The lowest BCUT2D eigenvalue weighted by Crippen LogP contribution is -2.41. The molecule has 2 unspecified atom stereocenters. The highest BCUT2D eigenvalue weighted by molar-refractivity contribution is 4.78. The SMILES string of the molecule is CCCCCC(CN)N1CCCC(C(C)C)CC1. The van der Waals surface area contributed by atoms with Gasteiger partial charge in [-0.1, -0.05) is 40.0 Å². The van der Waals surface area contributed by atoms with E-state index in [9.17, 15) is 0 Å². The van der Waals surface area contributed by atoms with E-state index >= 15 is 0 Å². The normalized spacial score (nSPS) is 24.2. The van der Waals surface area contributed by atoms with Crippen LogP contribution in [0, 0.1) is 11.8 Å². The van der Waals surface area contributed by atoms with Gasteiger partial charge in [0.05, 0.1) is 0 Å².